The number of allylic oxidation sites excluding steroid dienone is 1. The second kappa shape index (κ2) is 11.0. The lowest BCUT2D eigenvalue weighted by molar-refractivity contribution is -0.120. The first-order valence-corrected chi connectivity index (χ1v) is 10.3. The van der Waals surface area contributed by atoms with Gasteiger partial charge in [0.25, 0.3) is 0 Å². The minimum Gasteiger partial charge on any atom is -0.387 e. The third-order valence-electron chi connectivity index (χ3n) is 5.17. The maximum absolute atomic E-state index is 8.78. The predicted octanol–water partition coefficient (Wildman–Crippen LogP) is 5.31. The molecule has 4 heteroatoms. The summed E-state index contributed by atoms with van der Waals surface area (Å²) in [5, 5.41) is 14.1. The molecule has 1 aromatic carbocycles. The maximum atomic E-state index is 8.78. The van der Waals surface area contributed by atoms with E-state index in [1.165, 1.54) is 31.5 Å². The van der Waals surface area contributed by atoms with Crippen molar-refractivity contribution in [3.8, 4) is 6.07 Å². The summed E-state index contributed by atoms with van der Waals surface area (Å²) in [4.78, 5) is 0. The Morgan fingerprint density at radius 1 is 1.28 bits per heavy atom. The predicted molar refractivity (Wildman–Crippen MR) is 125 cm³/mol. The first-order valence-electron chi connectivity index (χ1n) is 10.3. The van der Waals surface area contributed by atoms with E-state index in [2.05, 4.69) is 81.1 Å². The number of benzene rings is 1. The molecule has 0 aromatic heterocycles. The number of rotatable bonds is 4. The number of hydrogen-bond donors (Lipinski definition) is 2. The van der Waals surface area contributed by atoms with Crippen LogP contribution in [-0.2, 0) is 6.42 Å². The molecule has 2 aliphatic rings. The van der Waals surface area contributed by atoms with E-state index in [1.807, 2.05) is 25.2 Å². The van der Waals surface area contributed by atoms with Crippen molar-refractivity contribution in [1.82, 2.24) is 10.4 Å². The molecule has 3 rings (SSSR count). The van der Waals surface area contributed by atoms with Crippen molar-refractivity contribution >= 4 is 5.69 Å². The van der Waals surface area contributed by atoms with Crippen LogP contribution in [0.5, 0.6) is 0 Å². The Bertz CT molecular complexity index is 733. The van der Waals surface area contributed by atoms with Crippen LogP contribution in [0, 0.1) is 22.7 Å². The first-order chi connectivity index (χ1) is 13.7. The van der Waals surface area contributed by atoms with E-state index in [0.717, 1.165) is 23.6 Å². The van der Waals surface area contributed by atoms with Crippen LogP contribution in [0.3, 0.4) is 0 Å². The molecule has 0 atom stereocenters. The van der Waals surface area contributed by atoms with Gasteiger partial charge in [-0.25, -0.2) is 10.4 Å². The summed E-state index contributed by atoms with van der Waals surface area (Å²) >= 11 is 0. The molecule has 1 heterocycles. The van der Waals surface area contributed by atoms with Crippen LogP contribution in [0.15, 0.2) is 49.7 Å². The highest BCUT2D eigenvalue weighted by atomic mass is 15.6. The van der Waals surface area contributed by atoms with Gasteiger partial charge in [-0.05, 0) is 75.1 Å². The van der Waals surface area contributed by atoms with Crippen LogP contribution in [0.25, 0.3) is 0 Å². The van der Waals surface area contributed by atoms with Gasteiger partial charge in [0.05, 0.1) is 11.3 Å². The van der Waals surface area contributed by atoms with Crippen molar-refractivity contribution in [1.29, 1.82) is 5.26 Å². The zero-order valence-electron chi connectivity index (χ0n) is 18.9. The molecule has 2 N–H and O–H groups in total. The molecule has 4 nitrogen and oxygen atoms in total. The lowest BCUT2D eigenvalue weighted by Gasteiger charge is -2.59. The third-order valence-corrected chi connectivity index (χ3v) is 5.17. The van der Waals surface area contributed by atoms with E-state index in [-0.39, 0.29) is 5.54 Å². The number of nitrogens with zero attached hydrogens (tertiary/aromatic N) is 2. The van der Waals surface area contributed by atoms with Gasteiger partial charge in [-0.2, -0.15) is 5.26 Å². The van der Waals surface area contributed by atoms with E-state index in [9.17, 15) is 0 Å². The van der Waals surface area contributed by atoms with Crippen LogP contribution in [0.2, 0.25) is 0 Å². The van der Waals surface area contributed by atoms with Gasteiger partial charge in [0.2, 0.25) is 0 Å². The average Bonchev–Trinajstić information content (AvgIpc) is 2.65. The smallest absolute Gasteiger partial charge is 0.101 e. The van der Waals surface area contributed by atoms with E-state index < -0.39 is 0 Å². The molecule has 0 bridgehead atoms. The number of hydrazine groups is 1. The minimum absolute atomic E-state index is 0.200. The fraction of sp³-hybridized carbons (Fsp3) is 0.520. The second-order valence-corrected chi connectivity index (χ2v) is 8.85. The Morgan fingerprint density at radius 3 is 2.34 bits per heavy atom. The van der Waals surface area contributed by atoms with Crippen molar-refractivity contribution in [3.63, 3.8) is 0 Å². The van der Waals surface area contributed by atoms with Gasteiger partial charge in [0.1, 0.15) is 6.07 Å². The number of anilines is 1. The highest BCUT2D eigenvalue weighted by molar-refractivity contribution is 5.58. The highest BCUT2D eigenvalue weighted by Crippen LogP contribution is 2.51. The summed E-state index contributed by atoms with van der Waals surface area (Å²) in [6.07, 6.45) is 5.76. The third kappa shape index (κ3) is 7.22. The zero-order chi connectivity index (χ0) is 22.1. The number of nitrogens with one attached hydrogen (secondary N) is 2. The fourth-order valence-electron chi connectivity index (χ4n) is 4.03. The molecular formula is C25H38N4. The maximum Gasteiger partial charge on any atom is 0.101 e. The summed E-state index contributed by atoms with van der Waals surface area (Å²) in [6.45, 7) is 20.8. The van der Waals surface area contributed by atoms with Gasteiger partial charge >= 0.3 is 0 Å². The van der Waals surface area contributed by atoms with E-state index in [0.29, 0.717) is 5.41 Å². The molecule has 0 unspecified atom stereocenters. The van der Waals surface area contributed by atoms with Crippen LogP contribution >= 0.6 is 0 Å². The largest absolute Gasteiger partial charge is 0.387 e. The Kier molecular flexibility index (Phi) is 9.40. The summed E-state index contributed by atoms with van der Waals surface area (Å²) in [6, 6.07) is 8.06. The van der Waals surface area contributed by atoms with Crippen molar-refractivity contribution in [2.24, 2.45) is 11.3 Å². The molecule has 1 saturated heterocycles. The number of nitriles is 1. The van der Waals surface area contributed by atoms with Crippen molar-refractivity contribution < 1.29 is 0 Å². The van der Waals surface area contributed by atoms with Gasteiger partial charge in [0, 0.05) is 25.7 Å². The molecule has 1 aromatic rings. The van der Waals surface area contributed by atoms with Crippen molar-refractivity contribution in [3.05, 3.63) is 60.9 Å². The van der Waals surface area contributed by atoms with Gasteiger partial charge in [0.15, 0.2) is 0 Å². The molecular weight excluding hydrogens is 356 g/mol. The van der Waals surface area contributed by atoms with E-state index in [4.69, 9.17) is 5.26 Å². The molecule has 158 valence electrons. The van der Waals surface area contributed by atoms with Gasteiger partial charge in [-0.15, -0.1) is 18.9 Å². The average molecular weight is 395 g/mol. The lowest BCUT2D eigenvalue weighted by atomic mass is 9.58. The lowest BCUT2D eigenvalue weighted by Crippen LogP contribution is -2.68. The highest BCUT2D eigenvalue weighted by Gasteiger charge is 2.51. The van der Waals surface area contributed by atoms with Gasteiger partial charge in [-0.3, -0.25) is 0 Å². The zero-order valence-corrected chi connectivity index (χ0v) is 18.9. The molecule has 29 heavy (non-hydrogen) atoms. The molecule has 1 spiro atoms. The Hall–Kier alpha value is -2.31. The summed E-state index contributed by atoms with van der Waals surface area (Å²) in [5.41, 5.74) is 10.1. The SMILES string of the molecule is C=C.C=C=CC1CC2(C1)CN(NC(C)(C)C)C2.CCc1ccc(NC)c(C#N)c1. The van der Waals surface area contributed by atoms with Crippen LogP contribution in [0.4, 0.5) is 5.69 Å². The van der Waals surface area contributed by atoms with E-state index >= 15 is 0 Å². The van der Waals surface area contributed by atoms with Crippen LogP contribution in [-0.4, -0.2) is 30.7 Å². The molecule has 1 aliphatic carbocycles. The molecule has 1 aliphatic heterocycles. The van der Waals surface area contributed by atoms with Crippen LogP contribution < -0.4 is 10.7 Å². The fourth-order valence-corrected chi connectivity index (χ4v) is 4.03. The molecule has 1 saturated carbocycles. The van der Waals surface area contributed by atoms with Crippen molar-refractivity contribution in [2.45, 2.75) is 52.5 Å². The summed E-state index contributed by atoms with van der Waals surface area (Å²) < 4.78 is 0. The second-order valence-electron chi connectivity index (χ2n) is 8.85. The quantitative estimate of drug-likeness (QED) is 0.537. The van der Waals surface area contributed by atoms with Crippen LogP contribution in [0.1, 0.15) is 51.7 Å². The Morgan fingerprint density at radius 2 is 1.90 bits per heavy atom. The summed E-state index contributed by atoms with van der Waals surface area (Å²) in [5.74, 6) is 0.749. The Balaban J connectivity index is 0.000000273. The minimum atomic E-state index is 0.200. The van der Waals surface area contributed by atoms with E-state index in [1.54, 1.807) is 0 Å². The Labute approximate surface area is 178 Å². The summed E-state index contributed by atoms with van der Waals surface area (Å²) in [7, 11) is 1.82. The number of hydrogen-bond acceptors (Lipinski definition) is 4. The van der Waals surface area contributed by atoms with Crippen molar-refractivity contribution in [2.75, 3.05) is 25.5 Å². The van der Waals surface area contributed by atoms with Gasteiger partial charge < -0.3 is 5.32 Å². The standard InChI is InChI=1S/C13H22N2.C10H12N2.C2H4/c1-5-6-11-7-13(8-11)9-15(10-13)14-12(2,3)4;1-3-8-4-5-10(12-2)9(6-8)7-11;1-2/h6,11,14H,1,7-10H2,2-4H3;4-6,12H,3H2,1-2H3;1-2H2. The molecule has 0 amide bonds. The molecule has 0 radical (unpaired) electrons. The van der Waals surface area contributed by atoms with Gasteiger partial charge in [-0.1, -0.05) is 19.6 Å². The first kappa shape index (κ1) is 24.7. The normalized spacial score (nSPS) is 17.1. The monoisotopic (exact) mass is 394 g/mol. The topological polar surface area (TPSA) is 51.1 Å². The molecule has 2 fully saturated rings. The number of aryl methyl sites for hydroxylation is 1.